The van der Waals surface area contributed by atoms with Crippen molar-refractivity contribution in [2.45, 2.75) is 12.8 Å². The van der Waals surface area contributed by atoms with Crippen LogP contribution in [0.15, 0.2) is 36.4 Å². The molecule has 0 unspecified atom stereocenters. The van der Waals surface area contributed by atoms with Crippen LogP contribution < -0.4 is 10.5 Å². The quantitative estimate of drug-likeness (QED) is 0.871. The van der Waals surface area contributed by atoms with E-state index in [2.05, 4.69) is 4.74 Å². The van der Waals surface area contributed by atoms with Gasteiger partial charge in [-0.15, -0.1) is 13.2 Å². The topological polar surface area (TPSA) is 52.3 Å². The number of benzene rings is 2. The summed E-state index contributed by atoms with van der Waals surface area (Å²) in [7, 11) is 0. The van der Waals surface area contributed by atoms with E-state index in [0.29, 0.717) is 6.07 Å². The summed E-state index contributed by atoms with van der Waals surface area (Å²) in [5.41, 5.74) is 5.36. The minimum absolute atomic E-state index is 0.0595. The molecule has 3 nitrogen and oxygen atoms in total. The third-order valence-corrected chi connectivity index (χ3v) is 2.85. The van der Waals surface area contributed by atoms with E-state index in [1.54, 1.807) is 0 Å². The first-order chi connectivity index (χ1) is 10.6. The molecule has 0 saturated carbocycles. The van der Waals surface area contributed by atoms with Crippen molar-refractivity contribution in [2.24, 2.45) is 5.73 Å². The first-order valence-electron chi connectivity index (χ1n) is 6.27. The molecule has 0 aliphatic carbocycles. The van der Waals surface area contributed by atoms with Gasteiger partial charge in [0, 0.05) is 6.07 Å². The van der Waals surface area contributed by atoms with Gasteiger partial charge >= 0.3 is 6.36 Å². The minimum atomic E-state index is -4.91. The third kappa shape index (κ3) is 4.67. The van der Waals surface area contributed by atoms with Crippen LogP contribution in [0.5, 0.6) is 5.75 Å². The van der Waals surface area contributed by atoms with Gasteiger partial charge in [-0.1, -0.05) is 6.07 Å². The summed E-state index contributed by atoms with van der Waals surface area (Å²) in [6.45, 7) is 0. The maximum Gasteiger partial charge on any atom is 0.573 e. The van der Waals surface area contributed by atoms with Gasteiger partial charge in [0.1, 0.15) is 17.4 Å². The SMILES string of the molecule is NC(=O)Cc1cc(OC(F)(F)F)ccc1-c1cc(F)cc(F)c1. The lowest BCUT2D eigenvalue weighted by Gasteiger charge is -2.13. The van der Waals surface area contributed by atoms with Gasteiger partial charge in [0.2, 0.25) is 5.91 Å². The van der Waals surface area contributed by atoms with Crippen molar-refractivity contribution in [3.05, 3.63) is 53.6 Å². The van der Waals surface area contributed by atoms with E-state index in [1.807, 2.05) is 0 Å². The van der Waals surface area contributed by atoms with Crippen molar-refractivity contribution in [3.8, 4) is 16.9 Å². The fourth-order valence-electron chi connectivity index (χ4n) is 2.09. The second-order valence-corrected chi connectivity index (χ2v) is 4.67. The second kappa shape index (κ2) is 6.23. The molecule has 0 bridgehead atoms. The fourth-order valence-corrected chi connectivity index (χ4v) is 2.09. The molecule has 0 radical (unpaired) electrons. The molecule has 8 heteroatoms. The summed E-state index contributed by atoms with van der Waals surface area (Å²) in [6, 6.07) is 5.75. The molecule has 0 atom stereocenters. The zero-order valence-electron chi connectivity index (χ0n) is 11.5. The summed E-state index contributed by atoms with van der Waals surface area (Å²) in [5.74, 6) is -3.09. The highest BCUT2D eigenvalue weighted by Crippen LogP contribution is 2.31. The van der Waals surface area contributed by atoms with Crippen LogP contribution in [0, 0.1) is 11.6 Å². The van der Waals surface area contributed by atoms with Crippen molar-refractivity contribution in [2.75, 3.05) is 0 Å². The number of amides is 1. The Bertz CT molecular complexity index is 723. The van der Waals surface area contributed by atoms with Crippen LogP contribution in [-0.4, -0.2) is 12.3 Å². The number of halogens is 5. The number of hydrogen-bond acceptors (Lipinski definition) is 2. The van der Waals surface area contributed by atoms with Crippen molar-refractivity contribution in [1.82, 2.24) is 0 Å². The molecule has 2 rings (SSSR count). The van der Waals surface area contributed by atoms with Gasteiger partial charge < -0.3 is 10.5 Å². The molecular weight excluding hydrogens is 321 g/mol. The summed E-state index contributed by atoms with van der Waals surface area (Å²) < 4.78 is 67.1. The molecule has 0 aliphatic heterocycles. The number of alkyl halides is 3. The molecule has 0 aromatic heterocycles. The lowest BCUT2D eigenvalue weighted by Crippen LogP contribution is -2.18. The van der Waals surface area contributed by atoms with Crippen molar-refractivity contribution >= 4 is 5.91 Å². The maximum absolute atomic E-state index is 13.3. The van der Waals surface area contributed by atoms with E-state index >= 15 is 0 Å². The minimum Gasteiger partial charge on any atom is -0.406 e. The van der Waals surface area contributed by atoms with E-state index in [0.717, 1.165) is 24.3 Å². The van der Waals surface area contributed by atoms with Crippen LogP contribution >= 0.6 is 0 Å². The monoisotopic (exact) mass is 331 g/mol. The highest BCUT2D eigenvalue weighted by molar-refractivity contribution is 5.81. The zero-order chi connectivity index (χ0) is 17.2. The number of ether oxygens (including phenoxy) is 1. The summed E-state index contributed by atoms with van der Waals surface area (Å²) in [5, 5.41) is 0. The average molecular weight is 331 g/mol. The Labute approximate surface area is 127 Å². The van der Waals surface area contributed by atoms with Crippen molar-refractivity contribution in [1.29, 1.82) is 0 Å². The van der Waals surface area contributed by atoms with Crippen LogP contribution in [0.25, 0.3) is 11.1 Å². The highest BCUT2D eigenvalue weighted by atomic mass is 19.4. The van der Waals surface area contributed by atoms with Gasteiger partial charge in [-0.25, -0.2) is 8.78 Å². The van der Waals surface area contributed by atoms with Crippen LogP contribution in [0.3, 0.4) is 0 Å². The Hall–Kier alpha value is -2.64. The fraction of sp³-hybridized carbons (Fsp3) is 0.133. The van der Waals surface area contributed by atoms with Gasteiger partial charge in [0.25, 0.3) is 0 Å². The Morgan fingerprint density at radius 3 is 2.17 bits per heavy atom. The predicted molar refractivity (Wildman–Crippen MR) is 71.4 cm³/mol. The Balaban J connectivity index is 2.51. The molecule has 2 aromatic rings. The lowest BCUT2D eigenvalue weighted by atomic mass is 9.97. The van der Waals surface area contributed by atoms with Gasteiger partial charge in [-0.2, -0.15) is 0 Å². The largest absolute Gasteiger partial charge is 0.573 e. The molecular formula is C15H10F5NO2. The van der Waals surface area contributed by atoms with E-state index in [1.165, 1.54) is 6.07 Å². The van der Waals surface area contributed by atoms with E-state index < -0.39 is 36.1 Å². The number of carbonyl (C=O) groups excluding carboxylic acids is 1. The van der Waals surface area contributed by atoms with Crippen LogP contribution in [-0.2, 0) is 11.2 Å². The van der Waals surface area contributed by atoms with E-state index in [-0.39, 0.29) is 16.7 Å². The van der Waals surface area contributed by atoms with Gasteiger partial charge in [-0.05, 0) is 41.0 Å². The number of primary amides is 1. The molecule has 122 valence electrons. The number of hydrogen-bond donors (Lipinski definition) is 1. The van der Waals surface area contributed by atoms with Gasteiger partial charge in [-0.3, -0.25) is 4.79 Å². The Morgan fingerprint density at radius 2 is 1.65 bits per heavy atom. The van der Waals surface area contributed by atoms with Gasteiger partial charge in [0.15, 0.2) is 0 Å². The van der Waals surface area contributed by atoms with Crippen LogP contribution in [0.2, 0.25) is 0 Å². The van der Waals surface area contributed by atoms with Gasteiger partial charge in [0.05, 0.1) is 6.42 Å². The van der Waals surface area contributed by atoms with Crippen molar-refractivity contribution in [3.63, 3.8) is 0 Å². The summed E-state index contributed by atoms with van der Waals surface area (Å²) in [6.07, 6.45) is -5.32. The normalized spacial score (nSPS) is 11.3. The van der Waals surface area contributed by atoms with Crippen molar-refractivity contribution < 1.29 is 31.5 Å². The molecule has 23 heavy (non-hydrogen) atoms. The molecule has 0 fully saturated rings. The lowest BCUT2D eigenvalue weighted by molar-refractivity contribution is -0.274. The first-order valence-corrected chi connectivity index (χ1v) is 6.27. The first kappa shape index (κ1) is 16.7. The Kier molecular flexibility index (Phi) is 4.53. The molecule has 0 heterocycles. The number of rotatable bonds is 4. The predicted octanol–water partition coefficient (Wildman–Crippen LogP) is 3.56. The summed E-state index contributed by atoms with van der Waals surface area (Å²) in [4.78, 5) is 11.1. The molecule has 0 saturated heterocycles. The zero-order valence-corrected chi connectivity index (χ0v) is 11.5. The average Bonchev–Trinajstić information content (AvgIpc) is 2.34. The molecule has 2 N–H and O–H groups in total. The molecule has 0 aliphatic rings. The number of carbonyl (C=O) groups is 1. The maximum atomic E-state index is 13.3. The molecule has 1 amide bonds. The molecule has 2 aromatic carbocycles. The summed E-state index contributed by atoms with van der Waals surface area (Å²) >= 11 is 0. The standard InChI is InChI=1S/C15H10F5NO2/c16-10-3-8(4-11(17)7-10)13-2-1-12(23-15(18,19)20)5-9(13)6-14(21)22/h1-5,7H,6H2,(H2,21,22). The van der Waals surface area contributed by atoms with E-state index in [4.69, 9.17) is 5.73 Å². The Morgan fingerprint density at radius 1 is 1.04 bits per heavy atom. The van der Waals surface area contributed by atoms with E-state index in [9.17, 15) is 26.7 Å². The highest BCUT2D eigenvalue weighted by Gasteiger charge is 2.31. The molecule has 0 spiro atoms. The van der Waals surface area contributed by atoms with Crippen LogP contribution in [0.1, 0.15) is 5.56 Å². The second-order valence-electron chi connectivity index (χ2n) is 4.67. The number of nitrogens with two attached hydrogens (primary N) is 1. The van der Waals surface area contributed by atoms with Crippen LogP contribution in [0.4, 0.5) is 22.0 Å². The third-order valence-electron chi connectivity index (χ3n) is 2.85. The smallest absolute Gasteiger partial charge is 0.406 e.